The van der Waals surface area contributed by atoms with Crippen LogP contribution in [0.2, 0.25) is 5.02 Å². The monoisotopic (exact) mass is 363 g/mol. The summed E-state index contributed by atoms with van der Waals surface area (Å²) in [5, 5.41) is 3.81. The highest BCUT2D eigenvalue weighted by Gasteiger charge is 2.21. The first kappa shape index (κ1) is 18.2. The Kier molecular flexibility index (Phi) is 6.17. The zero-order valence-electron chi connectivity index (χ0n) is 13.7. The van der Waals surface area contributed by atoms with Gasteiger partial charge in [-0.1, -0.05) is 29.8 Å². The van der Waals surface area contributed by atoms with Crippen LogP contribution in [0, 0.1) is 13.8 Å². The zero-order chi connectivity index (χ0) is 17.7. The van der Waals surface area contributed by atoms with Crippen molar-refractivity contribution >= 4 is 45.9 Å². The number of ether oxygens (including phenoxy) is 1. The average Bonchev–Trinajstić information content (AvgIpc) is 2.81. The van der Waals surface area contributed by atoms with E-state index >= 15 is 0 Å². The molecule has 0 aliphatic carbocycles. The lowest BCUT2D eigenvalue weighted by Gasteiger charge is -2.05. The third kappa shape index (κ3) is 4.24. The van der Waals surface area contributed by atoms with Gasteiger partial charge in [0.2, 0.25) is 5.91 Å². The molecule has 2 aromatic rings. The zero-order valence-corrected chi connectivity index (χ0v) is 15.3. The number of anilines is 1. The number of esters is 1. The summed E-state index contributed by atoms with van der Waals surface area (Å²) in [5.74, 6) is -0.758. The van der Waals surface area contributed by atoms with Crippen molar-refractivity contribution in [3.63, 3.8) is 0 Å². The largest absolute Gasteiger partial charge is 0.462 e. The number of carbonyl (C=O) groups is 2. The Balaban J connectivity index is 2.19. The Morgan fingerprint density at radius 3 is 2.67 bits per heavy atom. The third-order valence-electron chi connectivity index (χ3n) is 3.42. The molecule has 0 spiro atoms. The van der Waals surface area contributed by atoms with Crippen LogP contribution >= 0.6 is 22.9 Å². The van der Waals surface area contributed by atoms with Crippen molar-refractivity contribution < 1.29 is 14.3 Å². The lowest BCUT2D eigenvalue weighted by molar-refractivity contribution is -0.111. The van der Waals surface area contributed by atoms with Gasteiger partial charge in [-0.3, -0.25) is 4.79 Å². The summed E-state index contributed by atoms with van der Waals surface area (Å²) >= 11 is 7.41. The highest BCUT2D eigenvalue weighted by atomic mass is 35.5. The minimum absolute atomic E-state index is 0.285. The molecular weight excluding hydrogens is 346 g/mol. The lowest BCUT2D eigenvalue weighted by atomic mass is 10.1. The standard InChI is InChI=1S/C18H18ClNO3S/c1-4-23-18(22)16-11(2)12(3)24-17(16)20-15(21)10-9-13-7-5-6-8-14(13)19/h5-10H,4H2,1-3H3,(H,20,21)/b10-9+. The molecule has 126 valence electrons. The normalized spacial score (nSPS) is 10.8. The second-order valence-electron chi connectivity index (χ2n) is 5.05. The van der Waals surface area contributed by atoms with Gasteiger partial charge in [0.15, 0.2) is 0 Å². The van der Waals surface area contributed by atoms with Gasteiger partial charge in [0.1, 0.15) is 5.00 Å². The molecule has 1 aromatic heterocycles. The van der Waals surface area contributed by atoms with Crippen LogP contribution in [-0.4, -0.2) is 18.5 Å². The highest BCUT2D eigenvalue weighted by Crippen LogP contribution is 2.33. The summed E-state index contributed by atoms with van der Waals surface area (Å²) in [6.45, 7) is 5.77. The number of amides is 1. The summed E-state index contributed by atoms with van der Waals surface area (Å²) in [4.78, 5) is 25.2. The molecule has 0 fully saturated rings. The maximum atomic E-state index is 12.2. The van der Waals surface area contributed by atoms with Crippen molar-refractivity contribution in [1.29, 1.82) is 0 Å². The van der Waals surface area contributed by atoms with Gasteiger partial charge in [-0.2, -0.15) is 0 Å². The van der Waals surface area contributed by atoms with Crippen molar-refractivity contribution in [2.75, 3.05) is 11.9 Å². The van der Waals surface area contributed by atoms with E-state index in [1.807, 2.05) is 32.0 Å². The second kappa shape index (κ2) is 8.13. The third-order valence-corrected chi connectivity index (χ3v) is 4.89. The van der Waals surface area contributed by atoms with E-state index < -0.39 is 5.97 Å². The Labute approximate surface area is 150 Å². The molecule has 0 saturated heterocycles. The minimum Gasteiger partial charge on any atom is -0.462 e. The Hall–Kier alpha value is -2.11. The molecule has 1 aromatic carbocycles. The van der Waals surface area contributed by atoms with Gasteiger partial charge >= 0.3 is 5.97 Å². The molecule has 0 atom stereocenters. The van der Waals surface area contributed by atoms with Gasteiger partial charge < -0.3 is 10.1 Å². The Bertz CT molecular complexity index is 796. The van der Waals surface area contributed by atoms with Crippen LogP contribution in [-0.2, 0) is 9.53 Å². The molecule has 4 nitrogen and oxygen atoms in total. The quantitative estimate of drug-likeness (QED) is 0.610. The molecule has 6 heteroatoms. The van der Waals surface area contributed by atoms with Gasteiger partial charge in [-0.05, 0) is 44.0 Å². The average molecular weight is 364 g/mol. The molecule has 1 amide bonds. The molecule has 0 aliphatic rings. The van der Waals surface area contributed by atoms with Crippen molar-refractivity contribution in [2.45, 2.75) is 20.8 Å². The fourth-order valence-corrected chi connectivity index (χ4v) is 3.34. The van der Waals surface area contributed by atoms with E-state index in [1.165, 1.54) is 17.4 Å². The topological polar surface area (TPSA) is 55.4 Å². The maximum Gasteiger partial charge on any atom is 0.341 e. The van der Waals surface area contributed by atoms with Gasteiger partial charge in [0.25, 0.3) is 0 Å². The fraction of sp³-hybridized carbons (Fsp3) is 0.222. The molecular formula is C18H18ClNO3S. The summed E-state index contributed by atoms with van der Waals surface area (Å²) in [6, 6.07) is 7.23. The Morgan fingerprint density at radius 1 is 1.29 bits per heavy atom. The van der Waals surface area contributed by atoms with E-state index in [2.05, 4.69) is 5.32 Å². The predicted octanol–water partition coefficient (Wildman–Crippen LogP) is 4.85. The van der Waals surface area contributed by atoms with E-state index in [0.717, 1.165) is 16.0 Å². The molecule has 0 saturated carbocycles. The van der Waals surface area contributed by atoms with Gasteiger partial charge in [-0.25, -0.2) is 4.79 Å². The molecule has 0 bridgehead atoms. The predicted molar refractivity (Wildman–Crippen MR) is 98.9 cm³/mol. The number of thiophene rings is 1. The van der Waals surface area contributed by atoms with Crippen LogP contribution in [0.1, 0.15) is 33.3 Å². The van der Waals surface area contributed by atoms with Crippen molar-refractivity contribution in [3.05, 3.63) is 56.9 Å². The summed E-state index contributed by atoms with van der Waals surface area (Å²) in [5.41, 5.74) is 1.99. The molecule has 0 aliphatic heterocycles. The number of hydrogen-bond acceptors (Lipinski definition) is 4. The highest BCUT2D eigenvalue weighted by molar-refractivity contribution is 7.16. The molecule has 2 rings (SSSR count). The summed E-state index contributed by atoms with van der Waals surface area (Å²) in [6.07, 6.45) is 3.02. The van der Waals surface area contributed by atoms with E-state index in [4.69, 9.17) is 16.3 Å². The fourth-order valence-electron chi connectivity index (χ4n) is 2.09. The van der Waals surface area contributed by atoms with Crippen LogP contribution in [0.15, 0.2) is 30.3 Å². The maximum absolute atomic E-state index is 12.2. The smallest absolute Gasteiger partial charge is 0.341 e. The number of rotatable bonds is 5. The van der Waals surface area contributed by atoms with Crippen LogP contribution in [0.25, 0.3) is 6.08 Å². The van der Waals surface area contributed by atoms with E-state index in [1.54, 1.807) is 19.1 Å². The first-order valence-electron chi connectivity index (χ1n) is 7.44. The van der Waals surface area contributed by atoms with Gasteiger partial charge in [0.05, 0.1) is 12.2 Å². The van der Waals surface area contributed by atoms with Crippen LogP contribution in [0.5, 0.6) is 0 Å². The van der Waals surface area contributed by atoms with Gasteiger partial charge in [-0.15, -0.1) is 11.3 Å². The number of benzene rings is 1. The van der Waals surface area contributed by atoms with Gasteiger partial charge in [0, 0.05) is 16.0 Å². The number of carbonyl (C=O) groups excluding carboxylic acids is 2. The molecule has 1 N–H and O–H groups in total. The van der Waals surface area contributed by atoms with Crippen molar-refractivity contribution in [3.8, 4) is 0 Å². The summed E-state index contributed by atoms with van der Waals surface area (Å²) in [7, 11) is 0. The van der Waals surface area contributed by atoms with Crippen molar-refractivity contribution in [2.24, 2.45) is 0 Å². The molecule has 0 unspecified atom stereocenters. The van der Waals surface area contributed by atoms with E-state index in [9.17, 15) is 9.59 Å². The lowest BCUT2D eigenvalue weighted by Crippen LogP contribution is -2.12. The minimum atomic E-state index is -0.426. The summed E-state index contributed by atoms with van der Waals surface area (Å²) < 4.78 is 5.07. The van der Waals surface area contributed by atoms with Crippen molar-refractivity contribution in [1.82, 2.24) is 0 Å². The first-order valence-corrected chi connectivity index (χ1v) is 8.64. The number of nitrogens with one attached hydrogen (secondary N) is 1. The van der Waals surface area contributed by atoms with Crippen LogP contribution in [0.4, 0.5) is 5.00 Å². The van der Waals surface area contributed by atoms with Crippen LogP contribution < -0.4 is 5.32 Å². The van der Waals surface area contributed by atoms with E-state index in [-0.39, 0.29) is 12.5 Å². The Morgan fingerprint density at radius 2 is 2.00 bits per heavy atom. The molecule has 1 heterocycles. The number of hydrogen-bond donors (Lipinski definition) is 1. The second-order valence-corrected chi connectivity index (χ2v) is 6.68. The molecule has 24 heavy (non-hydrogen) atoms. The SMILES string of the molecule is CCOC(=O)c1c(NC(=O)/C=C/c2ccccc2Cl)sc(C)c1C. The first-order chi connectivity index (χ1) is 11.4. The van der Waals surface area contributed by atoms with Crippen LogP contribution in [0.3, 0.4) is 0 Å². The number of aryl methyl sites for hydroxylation is 1. The molecule has 0 radical (unpaired) electrons. The number of halogens is 1. The van der Waals surface area contributed by atoms with E-state index in [0.29, 0.717) is 15.6 Å².